The highest BCUT2D eigenvalue weighted by molar-refractivity contribution is 5.80. The van der Waals surface area contributed by atoms with Gasteiger partial charge in [-0.15, -0.1) is 0 Å². The summed E-state index contributed by atoms with van der Waals surface area (Å²) < 4.78 is 6.00. The van der Waals surface area contributed by atoms with Gasteiger partial charge in [-0.05, 0) is 104 Å². The number of nitrogens with zero attached hydrogens (tertiary/aromatic N) is 1. The van der Waals surface area contributed by atoms with Gasteiger partial charge in [0.2, 0.25) is 0 Å². The lowest BCUT2D eigenvalue weighted by Gasteiger charge is -2.20. The molecular formula is C33H33NO4. The largest absolute Gasteiger partial charge is 0.507 e. The minimum atomic E-state index is 0.106. The SMILES string of the molecule is Oc1ccc2cc1Oc1ccc(cc1)CCc1ccc(CN3CCCC3)c(O)c1-c1ccc(cc1O)CC2. The summed E-state index contributed by atoms with van der Waals surface area (Å²) in [7, 11) is 0. The number of phenols is 3. The summed E-state index contributed by atoms with van der Waals surface area (Å²) in [6.45, 7) is 2.82. The van der Waals surface area contributed by atoms with Crippen LogP contribution >= 0.6 is 0 Å². The average molecular weight is 508 g/mol. The first-order valence-electron chi connectivity index (χ1n) is 13.5. The van der Waals surface area contributed by atoms with Gasteiger partial charge in [0.05, 0.1) is 0 Å². The number of hydrogen-bond donors (Lipinski definition) is 3. The van der Waals surface area contributed by atoms with E-state index in [-0.39, 0.29) is 17.2 Å². The van der Waals surface area contributed by atoms with Crippen LogP contribution in [0.5, 0.6) is 28.7 Å². The van der Waals surface area contributed by atoms with Gasteiger partial charge in [0.15, 0.2) is 11.5 Å². The Morgan fingerprint density at radius 3 is 2.11 bits per heavy atom. The fourth-order valence-electron chi connectivity index (χ4n) is 5.65. The van der Waals surface area contributed by atoms with Crippen molar-refractivity contribution in [3.05, 3.63) is 101 Å². The first-order chi connectivity index (χ1) is 18.5. The maximum absolute atomic E-state index is 11.5. The first kappa shape index (κ1) is 24.4. The van der Waals surface area contributed by atoms with Crippen molar-refractivity contribution >= 4 is 0 Å². The molecule has 0 radical (unpaired) electrons. The second kappa shape index (κ2) is 10.4. The molecule has 38 heavy (non-hydrogen) atoms. The molecule has 5 heteroatoms. The normalized spacial score (nSPS) is 15.6. The summed E-state index contributed by atoms with van der Waals surface area (Å²) in [6.07, 6.45) is 5.35. The van der Waals surface area contributed by atoms with Gasteiger partial charge in [-0.3, -0.25) is 4.90 Å². The zero-order valence-corrected chi connectivity index (χ0v) is 21.5. The molecule has 0 aromatic heterocycles. The predicted molar refractivity (Wildman–Crippen MR) is 149 cm³/mol. The molecule has 0 spiro atoms. The maximum atomic E-state index is 11.5. The third-order valence-electron chi connectivity index (χ3n) is 7.83. The summed E-state index contributed by atoms with van der Waals surface area (Å²) in [5.41, 5.74) is 6.50. The second-order valence-corrected chi connectivity index (χ2v) is 10.5. The number of hydrogen-bond acceptors (Lipinski definition) is 5. The van der Waals surface area contributed by atoms with Crippen LogP contribution in [0.1, 0.15) is 40.7 Å². The summed E-state index contributed by atoms with van der Waals surface area (Å²) in [5.74, 6) is 1.66. The van der Waals surface area contributed by atoms with Crippen molar-refractivity contribution in [1.29, 1.82) is 0 Å². The summed E-state index contributed by atoms with van der Waals surface area (Å²) >= 11 is 0. The third kappa shape index (κ3) is 5.07. The van der Waals surface area contributed by atoms with E-state index in [2.05, 4.69) is 11.0 Å². The zero-order chi connectivity index (χ0) is 26.1. The molecule has 5 aliphatic heterocycles. The highest BCUT2D eigenvalue weighted by Gasteiger charge is 2.21. The summed E-state index contributed by atoms with van der Waals surface area (Å²) in [4.78, 5) is 2.38. The zero-order valence-electron chi connectivity index (χ0n) is 21.5. The number of ether oxygens (including phenoxy) is 1. The van der Waals surface area contributed by atoms with Gasteiger partial charge in [-0.1, -0.05) is 42.5 Å². The Hall–Kier alpha value is -3.96. The lowest BCUT2D eigenvalue weighted by molar-refractivity contribution is 0.324. The Morgan fingerprint density at radius 2 is 1.34 bits per heavy atom. The Balaban J connectivity index is 1.41. The molecule has 4 aromatic carbocycles. The summed E-state index contributed by atoms with van der Waals surface area (Å²) in [6, 6.07) is 23.3. The number of phenolic OH excluding ortho intramolecular Hbond substituents is 3. The predicted octanol–water partition coefficient (Wildman–Crippen LogP) is 6.74. The van der Waals surface area contributed by atoms with Crippen molar-refractivity contribution < 1.29 is 20.1 Å². The molecule has 0 aliphatic carbocycles. The van der Waals surface area contributed by atoms with Crippen LogP contribution in [0.25, 0.3) is 11.1 Å². The molecule has 3 N–H and O–H groups in total. The molecule has 9 rings (SSSR count). The van der Waals surface area contributed by atoms with Gasteiger partial charge in [0.25, 0.3) is 0 Å². The van der Waals surface area contributed by atoms with Crippen molar-refractivity contribution in [3.63, 3.8) is 0 Å². The number of aryl methyl sites for hydroxylation is 4. The molecule has 0 amide bonds. The van der Waals surface area contributed by atoms with Gasteiger partial charge in [-0.2, -0.15) is 0 Å². The van der Waals surface area contributed by atoms with E-state index in [0.717, 1.165) is 72.2 Å². The van der Waals surface area contributed by atoms with E-state index in [9.17, 15) is 15.3 Å². The molecule has 0 atom stereocenters. The lowest BCUT2D eigenvalue weighted by atomic mass is 9.90. The molecule has 0 saturated carbocycles. The number of aromatic hydroxyl groups is 3. The lowest BCUT2D eigenvalue weighted by Crippen LogP contribution is -2.18. The molecule has 4 aromatic rings. The standard InChI is InChI=1S/C33H33NO4/c35-29-16-9-24-4-3-23-8-15-28(30(36)19-23)32-25(11-12-26(33(32)37)21-34-17-1-2-18-34)10-5-22-6-13-27(14-7-22)38-31(29)20-24/h6-9,11-16,19-20,35-37H,1-5,10,17-18,21H2. The van der Waals surface area contributed by atoms with Crippen LogP contribution in [0.2, 0.25) is 0 Å². The molecule has 194 valence electrons. The van der Waals surface area contributed by atoms with Crippen LogP contribution < -0.4 is 4.74 Å². The maximum Gasteiger partial charge on any atom is 0.169 e. The average Bonchev–Trinajstić information content (AvgIpc) is 3.43. The molecule has 1 fully saturated rings. The van der Waals surface area contributed by atoms with Gasteiger partial charge in [-0.25, -0.2) is 0 Å². The van der Waals surface area contributed by atoms with Gasteiger partial charge in [0, 0.05) is 23.2 Å². The van der Waals surface area contributed by atoms with Gasteiger partial charge < -0.3 is 20.1 Å². The van der Waals surface area contributed by atoms with Crippen molar-refractivity contribution in [2.24, 2.45) is 0 Å². The Morgan fingerprint density at radius 1 is 0.658 bits per heavy atom. The van der Waals surface area contributed by atoms with E-state index in [1.54, 1.807) is 6.07 Å². The van der Waals surface area contributed by atoms with E-state index in [1.807, 2.05) is 60.7 Å². The highest BCUT2D eigenvalue weighted by atomic mass is 16.5. The first-order valence-corrected chi connectivity index (χ1v) is 13.5. The van der Waals surface area contributed by atoms with Crippen molar-refractivity contribution in [1.82, 2.24) is 4.90 Å². The highest BCUT2D eigenvalue weighted by Crippen LogP contribution is 2.42. The minimum absolute atomic E-state index is 0.106. The smallest absolute Gasteiger partial charge is 0.169 e. The molecular weight excluding hydrogens is 474 g/mol. The van der Waals surface area contributed by atoms with Gasteiger partial charge in [0.1, 0.15) is 17.2 Å². The van der Waals surface area contributed by atoms with E-state index in [4.69, 9.17) is 4.74 Å². The summed E-state index contributed by atoms with van der Waals surface area (Å²) in [5, 5.41) is 33.0. The number of likely N-dealkylation sites (tertiary alicyclic amines) is 1. The Labute approximate surface area is 223 Å². The second-order valence-electron chi connectivity index (χ2n) is 10.5. The van der Waals surface area contributed by atoms with E-state index < -0.39 is 0 Å². The Bertz CT molecular complexity index is 1460. The van der Waals surface area contributed by atoms with Gasteiger partial charge >= 0.3 is 0 Å². The quantitative estimate of drug-likeness (QED) is 0.280. The van der Waals surface area contributed by atoms with Crippen LogP contribution in [0.3, 0.4) is 0 Å². The van der Waals surface area contributed by atoms with Crippen LogP contribution in [0.4, 0.5) is 0 Å². The van der Waals surface area contributed by atoms with Crippen LogP contribution in [0.15, 0.2) is 72.8 Å². The fourth-order valence-corrected chi connectivity index (χ4v) is 5.65. The fraction of sp³-hybridized carbons (Fsp3) is 0.273. The molecule has 1 saturated heterocycles. The van der Waals surface area contributed by atoms with E-state index >= 15 is 0 Å². The molecule has 5 heterocycles. The van der Waals surface area contributed by atoms with Crippen molar-refractivity contribution in [2.75, 3.05) is 13.1 Å². The monoisotopic (exact) mass is 507 g/mol. The van der Waals surface area contributed by atoms with Crippen LogP contribution in [-0.2, 0) is 32.2 Å². The van der Waals surface area contributed by atoms with E-state index in [1.165, 1.54) is 12.8 Å². The van der Waals surface area contributed by atoms with Crippen molar-refractivity contribution in [2.45, 2.75) is 45.1 Å². The molecule has 0 unspecified atom stereocenters. The molecule has 6 bridgehead atoms. The number of rotatable bonds is 2. The minimum Gasteiger partial charge on any atom is -0.507 e. The molecule has 5 aliphatic rings. The van der Waals surface area contributed by atoms with Crippen LogP contribution in [-0.4, -0.2) is 33.3 Å². The van der Waals surface area contributed by atoms with Crippen LogP contribution in [0, 0.1) is 0 Å². The molecule has 5 nitrogen and oxygen atoms in total. The van der Waals surface area contributed by atoms with Crippen molar-refractivity contribution in [3.8, 4) is 39.9 Å². The Kier molecular flexibility index (Phi) is 6.69. The number of benzene rings is 4. The van der Waals surface area contributed by atoms with E-state index in [0.29, 0.717) is 23.6 Å². The topological polar surface area (TPSA) is 73.2 Å². The third-order valence-corrected chi connectivity index (χ3v) is 7.83.